The fraction of sp³-hybridized carbons (Fsp3) is 0.167. The number of rotatable bonds is 5. The second-order valence-electron chi connectivity index (χ2n) is 3.96. The number of hydrogen-bond acceptors (Lipinski definition) is 7. The van der Waals surface area contributed by atoms with Gasteiger partial charge in [0.1, 0.15) is 6.20 Å². The van der Waals surface area contributed by atoms with E-state index in [-0.39, 0.29) is 42.3 Å². The quantitative estimate of drug-likeness (QED) is 0.561. The van der Waals surface area contributed by atoms with E-state index in [2.05, 4.69) is 20.6 Å². The summed E-state index contributed by atoms with van der Waals surface area (Å²) in [5.74, 6) is 0.427. The zero-order valence-electron chi connectivity index (χ0n) is 11.6. The smallest absolute Gasteiger partial charge is 0.329 e. The number of halogens is 2. The number of hydrogen-bond donors (Lipinski definition) is 3. The fourth-order valence-electron chi connectivity index (χ4n) is 1.66. The Labute approximate surface area is 139 Å². The van der Waals surface area contributed by atoms with Gasteiger partial charge in [-0.15, -0.1) is 24.8 Å². The summed E-state index contributed by atoms with van der Waals surface area (Å²) in [5.41, 5.74) is 7.13. The van der Waals surface area contributed by atoms with E-state index in [1.165, 1.54) is 0 Å². The minimum absolute atomic E-state index is 0. The van der Waals surface area contributed by atoms with Gasteiger partial charge in [0.2, 0.25) is 11.8 Å². The molecular formula is C12H16Cl2N6O2. The van der Waals surface area contributed by atoms with Gasteiger partial charge in [-0.3, -0.25) is 10.1 Å². The van der Waals surface area contributed by atoms with Gasteiger partial charge in [-0.05, 0) is 17.7 Å². The molecule has 22 heavy (non-hydrogen) atoms. The largest absolute Gasteiger partial charge is 0.367 e. The molecular weight excluding hydrogens is 331 g/mol. The Morgan fingerprint density at radius 2 is 2.09 bits per heavy atom. The second-order valence-corrected chi connectivity index (χ2v) is 3.96. The van der Waals surface area contributed by atoms with Crippen LogP contribution in [0.3, 0.4) is 0 Å². The van der Waals surface area contributed by atoms with Gasteiger partial charge in [-0.1, -0.05) is 12.1 Å². The van der Waals surface area contributed by atoms with Crippen LogP contribution in [0.25, 0.3) is 0 Å². The molecule has 0 amide bonds. The molecule has 1 heterocycles. The lowest BCUT2D eigenvalue weighted by Crippen LogP contribution is -2.04. The molecule has 0 saturated carbocycles. The van der Waals surface area contributed by atoms with E-state index >= 15 is 0 Å². The van der Waals surface area contributed by atoms with E-state index in [1.54, 1.807) is 7.05 Å². The molecule has 0 bridgehead atoms. The molecule has 0 aliphatic heterocycles. The Morgan fingerprint density at radius 3 is 2.68 bits per heavy atom. The van der Waals surface area contributed by atoms with E-state index < -0.39 is 4.92 Å². The van der Waals surface area contributed by atoms with Crippen molar-refractivity contribution in [3.63, 3.8) is 0 Å². The summed E-state index contributed by atoms with van der Waals surface area (Å²) < 4.78 is 0. The van der Waals surface area contributed by atoms with Gasteiger partial charge >= 0.3 is 5.69 Å². The average Bonchev–Trinajstić information content (AvgIpc) is 2.47. The number of nitro groups is 1. The van der Waals surface area contributed by atoms with Gasteiger partial charge in [0.05, 0.1) is 4.92 Å². The van der Waals surface area contributed by atoms with Gasteiger partial charge in [0.25, 0.3) is 0 Å². The molecule has 4 N–H and O–H groups in total. The topological polar surface area (TPSA) is 119 Å². The van der Waals surface area contributed by atoms with Crippen molar-refractivity contribution >= 4 is 48.0 Å². The van der Waals surface area contributed by atoms with Gasteiger partial charge < -0.3 is 16.4 Å². The lowest BCUT2D eigenvalue weighted by molar-refractivity contribution is -0.384. The van der Waals surface area contributed by atoms with Gasteiger partial charge in [0, 0.05) is 19.3 Å². The standard InChI is InChI=1S/C12H14N6O2.2ClH/c1-14-11-10(18(19)20)7-15-12(17-11)16-9-4-2-3-8(5-9)6-13;;/h2-5,7H,6,13H2,1H3,(H2,14,15,16,17);2*1H. The Hall–Kier alpha value is -2.16. The van der Waals surface area contributed by atoms with E-state index in [1.807, 2.05) is 24.3 Å². The Balaban J connectivity index is 0.00000220. The third kappa shape index (κ3) is 4.69. The molecule has 0 atom stereocenters. The molecule has 0 spiro atoms. The summed E-state index contributed by atoms with van der Waals surface area (Å²) in [6.45, 7) is 0.429. The summed E-state index contributed by atoms with van der Waals surface area (Å²) in [4.78, 5) is 18.2. The van der Waals surface area contributed by atoms with Gasteiger partial charge in [0.15, 0.2) is 0 Å². The van der Waals surface area contributed by atoms with Crippen molar-refractivity contribution in [2.45, 2.75) is 6.54 Å². The summed E-state index contributed by atoms with van der Waals surface area (Å²) >= 11 is 0. The zero-order valence-corrected chi connectivity index (χ0v) is 13.3. The van der Waals surface area contributed by atoms with Crippen molar-refractivity contribution in [1.82, 2.24) is 9.97 Å². The lowest BCUT2D eigenvalue weighted by Gasteiger charge is -2.07. The first kappa shape index (κ1) is 19.8. The first-order chi connectivity index (χ1) is 9.63. The van der Waals surface area contributed by atoms with Crippen LogP contribution in [0.2, 0.25) is 0 Å². The second kappa shape index (κ2) is 8.98. The first-order valence-electron chi connectivity index (χ1n) is 5.89. The normalized spacial score (nSPS) is 9.18. The maximum Gasteiger partial charge on any atom is 0.329 e. The number of nitrogens with one attached hydrogen (secondary N) is 2. The van der Waals surface area contributed by atoms with Crippen LogP contribution in [0.15, 0.2) is 30.5 Å². The molecule has 0 aliphatic carbocycles. The Kier molecular flexibility index (Phi) is 8.10. The van der Waals surface area contributed by atoms with Crippen molar-refractivity contribution < 1.29 is 4.92 Å². The van der Waals surface area contributed by atoms with Gasteiger partial charge in [-0.25, -0.2) is 4.98 Å². The lowest BCUT2D eigenvalue weighted by atomic mass is 10.2. The SMILES string of the molecule is CNc1nc(Nc2cccc(CN)c2)ncc1[N+](=O)[O-].Cl.Cl. The fourth-order valence-corrected chi connectivity index (χ4v) is 1.66. The number of benzene rings is 1. The molecule has 10 heteroatoms. The van der Waals surface area contributed by atoms with Crippen LogP contribution in [0.5, 0.6) is 0 Å². The molecule has 0 fully saturated rings. The van der Waals surface area contributed by atoms with Crippen LogP contribution >= 0.6 is 24.8 Å². The molecule has 1 aromatic carbocycles. The highest BCUT2D eigenvalue weighted by molar-refractivity contribution is 5.85. The highest BCUT2D eigenvalue weighted by Gasteiger charge is 2.15. The maximum absolute atomic E-state index is 10.8. The third-order valence-corrected chi connectivity index (χ3v) is 2.62. The summed E-state index contributed by atoms with van der Waals surface area (Å²) in [7, 11) is 1.56. The van der Waals surface area contributed by atoms with Crippen LogP contribution in [0.1, 0.15) is 5.56 Å². The van der Waals surface area contributed by atoms with Crippen LogP contribution in [0, 0.1) is 10.1 Å². The van der Waals surface area contributed by atoms with Crippen LogP contribution in [-0.4, -0.2) is 21.9 Å². The van der Waals surface area contributed by atoms with Crippen molar-refractivity contribution in [2.75, 3.05) is 17.7 Å². The molecule has 0 saturated heterocycles. The molecule has 0 unspecified atom stereocenters. The van der Waals surface area contributed by atoms with E-state index in [9.17, 15) is 10.1 Å². The van der Waals surface area contributed by atoms with Crippen LogP contribution < -0.4 is 16.4 Å². The summed E-state index contributed by atoms with van der Waals surface area (Å²) in [6, 6.07) is 7.46. The summed E-state index contributed by atoms with van der Waals surface area (Å²) in [5, 5.41) is 16.4. The number of anilines is 3. The summed E-state index contributed by atoms with van der Waals surface area (Å²) in [6.07, 6.45) is 1.16. The van der Waals surface area contributed by atoms with Crippen LogP contribution in [0.4, 0.5) is 23.1 Å². The van der Waals surface area contributed by atoms with Crippen LogP contribution in [-0.2, 0) is 6.54 Å². The first-order valence-corrected chi connectivity index (χ1v) is 5.89. The van der Waals surface area contributed by atoms with E-state index in [4.69, 9.17) is 5.73 Å². The van der Waals surface area contributed by atoms with E-state index in [0.717, 1.165) is 17.4 Å². The maximum atomic E-state index is 10.8. The Morgan fingerprint density at radius 1 is 1.36 bits per heavy atom. The van der Waals surface area contributed by atoms with Gasteiger partial charge in [-0.2, -0.15) is 4.98 Å². The van der Waals surface area contributed by atoms with Crippen molar-refractivity contribution in [1.29, 1.82) is 0 Å². The molecule has 1 aromatic heterocycles. The predicted octanol–water partition coefficient (Wildman–Crippen LogP) is 2.47. The van der Waals surface area contributed by atoms with Crippen molar-refractivity contribution in [3.05, 3.63) is 46.1 Å². The van der Waals surface area contributed by atoms with E-state index in [0.29, 0.717) is 6.54 Å². The number of aromatic nitrogens is 2. The minimum atomic E-state index is -0.537. The average molecular weight is 347 g/mol. The molecule has 2 rings (SSSR count). The third-order valence-electron chi connectivity index (χ3n) is 2.62. The molecule has 2 aromatic rings. The number of nitrogens with zero attached hydrogens (tertiary/aromatic N) is 3. The monoisotopic (exact) mass is 346 g/mol. The number of nitrogens with two attached hydrogens (primary N) is 1. The Bertz CT molecular complexity index is 641. The van der Waals surface area contributed by atoms with Crippen molar-refractivity contribution in [2.24, 2.45) is 5.73 Å². The minimum Gasteiger partial charge on any atom is -0.367 e. The molecule has 120 valence electrons. The highest BCUT2D eigenvalue weighted by Crippen LogP contribution is 2.23. The molecule has 0 radical (unpaired) electrons. The predicted molar refractivity (Wildman–Crippen MR) is 90.3 cm³/mol. The molecule has 8 nitrogen and oxygen atoms in total. The van der Waals surface area contributed by atoms with Crippen molar-refractivity contribution in [3.8, 4) is 0 Å². The zero-order chi connectivity index (χ0) is 14.5. The highest BCUT2D eigenvalue weighted by atomic mass is 35.5. The molecule has 0 aliphatic rings.